The number of hydrogen-bond acceptors (Lipinski definition) is 3. The van der Waals surface area contributed by atoms with Crippen LogP contribution in [-0.2, 0) is 9.59 Å². The molecular formula is C15H21N3O2. The Balaban J connectivity index is 1.82. The molecule has 1 aromatic rings. The SMILES string of the molecule is CN(CC(=O)Nc1ccccc1)C(=O)[C@@H]1CCCCN1. The Hall–Kier alpha value is -1.88. The van der Waals surface area contributed by atoms with Crippen LogP contribution in [0.25, 0.3) is 0 Å². The molecular weight excluding hydrogens is 254 g/mol. The highest BCUT2D eigenvalue weighted by Gasteiger charge is 2.24. The number of carbonyl (C=O) groups is 2. The third-order valence-corrected chi connectivity index (χ3v) is 3.42. The molecule has 2 rings (SSSR count). The zero-order valence-corrected chi connectivity index (χ0v) is 11.8. The topological polar surface area (TPSA) is 61.4 Å². The van der Waals surface area contributed by atoms with Crippen molar-refractivity contribution in [2.24, 2.45) is 0 Å². The molecule has 2 amide bonds. The number of piperidine rings is 1. The fourth-order valence-corrected chi connectivity index (χ4v) is 2.34. The van der Waals surface area contributed by atoms with Crippen molar-refractivity contribution in [3.63, 3.8) is 0 Å². The number of nitrogens with zero attached hydrogens (tertiary/aromatic N) is 1. The Morgan fingerprint density at radius 2 is 2.05 bits per heavy atom. The minimum atomic E-state index is -0.178. The van der Waals surface area contributed by atoms with Crippen molar-refractivity contribution in [1.29, 1.82) is 0 Å². The zero-order valence-electron chi connectivity index (χ0n) is 11.8. The van der Waals surface area contributed by atoms with E-state index in [0.717, 1.165) is 31.5 Å². The lowest BCUT2D eigenvalue weighted by atomic mass is 10.0. The van der Waals surface area contributed by atoms with Crippen LogP contribution < -0.4 is 10.6 Å². The minimum absolute atomic E-state index is 0.00656. The summed E-state index contributed by atoms with van der Waals surface area (Å²) in [5.41, 5.74) is 0.745. The molecule has 0 unspecified atom stereocenters. The number of nitrogens with one attached hydrogen (secondary N) is 2. The quantitative estimate of drug-likeness (QED) is 0.868. The van der Waals surface area contributed by atoms with Crippen LogP contribution in [0.2, 0.25) is 0 Å². The maximum absolute atomic E-state index is 12.2. The summed E-state index contributed by atoms with van der Waals surface area (Å²) in [5, 5.41) is 5.98. The van der Waals surface area contributed by atoms with Crippen LogP contribution in [0, 0.1) is 0 Å². The molecule has 1 saturated heterocycles. The van der Waals surface area contributed by atoms with Crippen molar-refractivity contribution in [3.05, 3.63) is 30.3 Å². The Morgan fingerprint density at radius 1 is 1.30 bits per heavy atom. The molecule has 5 nitrogen and oxygen atoms in total. The van der Waals surface area contributed by atoms with Gasteiger partial charge in [0.1, 0.15) is 0 Å². The predicted molar refractivity (Wildman–Crippen MR) is 78.4 cm³/mol. The second-order valence-corrected chi connectivity index (χ2v) is 5.11. The highest BCUT2D eigenvalue weighted by molar-refractivity contribution is 5.95. The number of para-hydroxylation sites is 1. The lowest BCUT2D eigenvalue weighted by Gasteiger charge is -2.27. The van der Waals surface area contributed by atoms with Crippen molar-refractivity contribution < 1.29 is 9.59 Å². The highest BCUT2D eigenvalue weighted by Crippen LogP contribution is 2.09. The molecule has 1 aliphatic heterocycles. The van der Waals surface area contributed by atoms with Crippen LogP contribution in [0.4, 0.5) is 5.69 Å². The fraction of sp³-hybridized carbons (Fsp3) is 0.467. The van der Waals surface area contributed by atoms with E-state index in [1.165, 1.54) is 4.90 Å². The summed E-state index contributed by atoms with van der Waals surface area (Å²) in [6.07, 6.45) is 3.03. The standard InChI is InChI=1S/C15H21N3O2/c1-18(15(20)13-9-5-6-10-16-13)11-14(19)17-12-7-3-2-4-8-12/h2-4,7-8,13,16H,5-6,9-11H2,1H3,(H,17,19)/t13-/m0/s1. The molecule has 1 aliphatic rings. The fourth-order valence-electron chi connectivity index (χ4n) is 2.34. The summed E-state index contributed by atoms with van der Waals surface area (Å²) >= 11 is 0. The third-order valence-electron chi connectivity index (χ3n) is 3.42. The van der Waals surface area contributed by atoms with Gasteiger partial charge in [0, 0.05) is 12.7 Å². The Bertz CT molecular complexity index is 455. The van der Waals surface area contributed by atoms with Gasteiger partial charge < -0.3 is 15.5 Å². The van der Waals surface area contributed by atoms with E-state index in [4.69, 9.17) is 0 Å². The van der Waals surface area contributed by atoms with E-state index in [0.29, 0.717) is 0 Å². The highest BCUT2D eigenvalue weighted by atomic mass is 16.2. The van der Waals surface area contributed by atoms with E-state index in [1.807, 2.05) is 30.3 Å². The van der Waals surface area contributed by atoms with Crippen molar-refractivity contribution in [3.8, 4) is 0 Å². The molecule has 0 aliphatic carbocycles. The molecule has 0 aromatic heterocycles. The molecule has 1 aromatic carbocycles. The van der Waals surface area contributed by atoms with E-state index in [1.54, 1.807) is 7.05 Å². The maximum Gasteiger partial charge on any atom is 0.243 e. The number of rotatable bonds is 4. The summed E-state index contributed by atoms with van der Waals surface area (Å²) in [7, 11) is 1.67. The number of benzene rings is 1. The summed E-state index contributed by atoms with van der Waals surface area (Å²) in [6.45, 7) is 0.951. The molecule has 0 saturated carbocycles. The first-order chi connectivity index (χ1) is 9.66. The van der Waals surface area contributed by atoms with Crippen LogP contribution in [0.15, 0.2) is 30.3 Å². The summed E-state index contributed by atoms with van der Waals surface area (Å²) in [5.74, 6) is -0.184. The van der Waals surface area contributed by atoms with E-state index >= 15 is 0 Å². The second kappa shape index (κ2) is 7.05. The average Bonchev–Trinajstić information content (AvgIpc) is 2.48. The van der Waals surface area contributed by atoms with Crippen molar-refractivity contribution in [2.45, 2.75) is 25.3 Å². The smallest absolute Gasteiger partial charge is 0.243 e. The van der Waals surface area contributed by atoms with Gasteiger partial charge in [0.05, 0.1) is 12.6 Å². The molecule has 5 heteroatoms. The summed E-state index contributed by atoms with van der Waals surface area (Å²) in [4.78, 5) is 25.5. The number of carbonyl (C=O) groups excluding carboxylic acids is 2. The van der Waals surface area contributed by atoms with Crippen LogP contribution in [0.1, 0.15) is 19.3 Å². The van der Waals surface area contributed by atoms with Gasteiger partial charge in [-0.15, -0.1) is 0 Å². The van der Waals surface area contributed by atoms with Gasteiger partial charge in [-0.3, -0.25) is 9.59 Å². The molecule has 20 heavy (non-hydrogen) atoms. The Kier molecular flexibility index (Phi) is 5.12. The lowest BCUT2D eigenvalue weighted by Crippen LogP contribution is -2.48. The molecule has 2 N–H and O–H groups in total. The van der Waals surface area contributed by atoms with Crippen molar-refractivity contribution in [1.82, 2.24) is 10.2 Å². The van der Waals surface area contributed by atoms with Gasteiger partial charge >= 0.3 is 0 Å². The van der Waals surface area contributed by atoms with E-state index < -0.39 is 0 Å². The number of hydrogen-bond donors (Lipinski definition) is 2. The van der Waals surface area contributed by atoms with Gasteiger partial charge in [-0.1, -0.05) is 24.6 Å². The van der Waals surface area contributed by atoms with E-state index in [-0.39, 0.29) is 24.4 Å². The van der Waals surface area contributed by atoms with Gasteiger partial charge in [-0.05, 0) is 31.5 Å². The minimum Gasteiger partial charge on any atom is -0.335 e. The Labute approximate surface area is 119 Å². The first kappa shape index (κ1) is 14.5. The summed E-state index contributed by atoms with van der Waals surface area (Å²) < 4.78 is 0. The van der Waals surface area contributed by atoms with Crippen LogP contribution in [-0.4, -0.2) is 42.9 Å². The van der Waals surface area contributed by atoms with E-state index in [2.05, 4.69) is 10.6 Å². The summed E-state index contributed by atoms with van der Waals surface area (Å²) in [6, 6.07) is 9.11. The van der Waals surface area contributed by atoms with Crippen LogP contribution in [0.5, 0.6) is 0 Å². The monoisotopic (exact) mass is 275 g/mol. The molecule has 108 valence electrons. The largest absolute Gasteiger partial charge is 0.335 e. The van der Waals surface area contributed by atoms with Gasteiger partial charge in [-0.25, -0.2) is 0 Å². The van der Waals surface area contributed by atoms with Crippen molar-refractivity contribution in [2.75, 3.05) is 25.5 Å². The predicted octanol–water partition coefficient (Wildman–Crippen LogP) is 1.23. The second-order valence-electron chi connectivity index (χ2n) is 5.11. The normalized spacial score (nSPS) is 18.4. The zero-order chi connectivity index (χ0) is 14.4. The molecule has 1 fully saturated rings. The maximum atomic E-state index is 12.2. The molecule has 0 radical (unpaired) electrons. The first-order valence-corrected chi connectivity index (χ1v) is 7.00. The van der Waals surface area contributed by atoms with Gasteiger partial charge in [0.2, 0.25) is 11.8 Å². The number of anilines is 1. The molecule has 1 heterocycles. The van der Waals surface area contributed by atoms with Crippen LogP contribution in [0.3, 0.4) is 0 Å². The lowest BCUT2D eigenvalue weighted by molar-refractivity contribution is -0.135. The van der Waals surface area contributed by atoms with Crippen molar-refractivity contribution >= 4 is 17.5 Å². The molecule has 1 atom stereocenters. The Morgan fingerprint density at radius 3 is 2.70 bits per heavy atom. The van der Waals surface area contributed by atoms with Gasteiger partial charge in [0.25, 0.3) is 0 Å². The van der Waals surface area contributed by atoms with Gasteiger partial charge in [0.15, 0.2) is 0 Å². The number of likely N-dealkylation sites (N-methyl/N-ethyl adjacent to an activating group) is 1. The van der Waals surface area contributed by atoms with Crippen LogP contribution >= 0.6 is 0 Å². The third kappa shape index (κ3) is 4.06. The first-order valence-electron chi connectivity index (χ1n) is 7.00. The molecule has 0 spiro atoms. The van der Waals surface area contributed by atoms with Gasteiger partial charge in [-0.2, -0.15) is 0 Å². The van der Waals surface area contributed by atoms with E-state index in [9.17, 15) is 9.59 Å². The average molecular weight is 275 g/mol. The number of amides is 2. The molecule has 0 bridgehead atoms.